The normalized spacial score (nSPS) is 31.1. The van der Waals surface area contributed by atoms with Gasteiger partial charge in [0.05, 0.1) is 24.9 Å². The van der Waals surface area contributed by atoms with E-state index in [0.717, 1.165) is 16.5 Å². The van der Waals surface area contributed by atoms with Crippen LogP contribution in [-0.2, 0) is 9.47 Å². The van der Waals surface area contributed by atoms with Crippen LogP contribution in [0.25, 0.3) is 10.8 Å². The minimum atomic E-state index is -0.533. The highest BCUT2D eigenvalue weighted by Crippen LogP contribution is 2.37. The fraction of sp³-hybridized carbons (Fsp3) is 0.600. The summed E-state index contributed by atoms with van der Waals surface area (Å²) in [5, 5.41) is 12.9. The smallest absolute Gasteiger partial charge is 0.169 e. The van der Waals surface area contributed by atoms with Crippen molar-refractivity contribution in [2.45, 2.75) is 44.1 Å². The molecule has 2 aliphatic rings. The number of rotatable bonds is 3. The summed E-state index contributed by atoms with van der Waals surface area (Å²) in [7, 11) is 0. The SMILES string of the molecule is CC(C)c1csc(-c2nccn2[C@H]2CO[C@H]3[C@@H]2OC[C@H]3O)n1. The second-order valence-corrected chi connectivity index (χ2v) is 6.98. The van der Waals surface area contributed by atoms with Gasteiger partial charge in [0.15, 0.2) is 10.8 Å². The van der Waals surface area contributed by atoms with Gasteiger partial charge in [-0.2, -0.15) is 0 Å². The van der Waals surface area contributed by atoms with Gasteiger partial charge in [-0.15, -0.1) is 11.3 Å². The number of ether oxygens (including phenoxy) is 2. The standard InChI is InChI=1S/C15H19N3O3S/c1-8(2)9-7-22-15(17-9)14-16-3-4-18(14)10-5-20-13-11(19)6-21-12(10)13/h3-4,7-8,10-13,19H,5-6H2,1-2H3/t10-,11+,12+,13+/m0/s1. The molecule has 22 heavy (non-hydrogen) atoms. The van der Waals surface area contributed by atoms with Crippen LogP contribution in [0.1, 0.15) is 31.5 Å². The molecule has 7 heteroatoms. The third-order valence-electron chi connectivity index (χ3n) is 4.33. The Kier molecular flexibility index (Phi) is 3.53. The molecule has 4 atom stereocenters. The van der Waals surface area contributed by atoms with Gasteiger partial charge in [-0.1, -0.05) is 13.8 Å². The van der Waals surface area contributed by atoms with E-state index in [4.69, 9.17) is 9.47 Å². The predicted octanol–water partition coefficient (Wildman–Crippen LogP) is 1.83. The maximum Gasteiger partial charge on any atom is 0.169 e. The zero-order valence-corrected chi connectivity index (χ0v) is 13.4. The number of hydrogen-bond donors (Lipinski definition) is 1. The van der Waals surface area contributed by atoms with Crippen LogP contribution in [0.3, 0.4) is 0 Å². The van der Waals surface area contributed by atoms with E-state index in [0.29, 0.717) is 19.1 Å². The summed E-state index contributed by atoms with van der Waals surface area (Å²) in [4.78, 5) is 9.16. The number of aromatic nitrogens is 3. The molecule has 2 aromatic rings. The van der Waals surface area contributed by atoms with Gasteiger partial charge >= 0.3 is 0 Å². The number of thiazole rings is 1. The Balaban J connectivity index is 1.65. The summed E-state index contributed by atoms with van der Waals surface area (Å²) >= 11 is 1.61. The first kappa shape index (κ1) is 14.3. The minimum Gasteiger partial charge on any atom is -0.388 e. The van der Waals surface area contributed by atoms with Crippen LogP contribution >= 0.6 is 11.3 Å². The zero-order valence-electron chi connectivity index (χ0n) is 12.5. The van der Waals surface area contributed by atoms with Crippen molar-refractivity contribution in [1.29, 1.82) is 0 Å². The van der Waals surface area contributed by atoms with Crippen molar-refractivity contribution in [2.24, 2.45) is 0 Å². The van der Waals surface area contributed by atoms with E-state index in [-0.39, 0.29) is 18.2 Å². The fourth-order valence-electron chi connectivity index (χ4n) is 3.10. The van der Waals surface area contributed by atoms with Crippen molar-refractivity contribution < 1.29 is 14.6 Å². The highest BCUT2D eigenvalue weighted by atomic mass is 32.1. The number of nitrogens with zero attached hydrogens (tertiary/aromatic N) is 3. The number of hydrogen-bond acceptors (Lipinski definition) is 6. The Bertz CT molecular complexity index is 669. The molecule has 0 radical (unpaired) electrons. The molecule has 2 fully saturated rings. The monoisotopic (exact) mass is 321 g/mol. The predicted molar refractivity (Wildman–Crippen MR) is 81.9 cm³/mol. The highest BCUT2D eigenvalue weighted by Gasteiger charge is 2.48. The fourth-order valence-corrected chi connectivity index (χ4v) is 4.08. The van der Waals surface area contributed by atoms with Gasteiger partial charge in [0.2, 0.25) is 0 Å². The molecule has 1 N–H and O–H groups in total. The van der Waals surface area contributed by atoms with Gasteiger partial charge in [-0.05, 0) is 5.92 Å². The second-order valence-electron chi connectivity index (χ2n) is 6.12. The molecule has 0 spiro atoms. The molecular formula is C15H19N3O3S. The van der Waals surface area contributed by atoms with E-state index in [1.165, 1.54) is 0 Å². The molecule has 4 heterocycles. The number of aliphatic hydroxyl groups is 1. The lowest BCUT2D eigenvalue weighted by Gasteiger charge is -2.18. The molecule has 0 bridgehead atoms. The molecule has 6 nitrogen and oxygen atoms in total. The van der Waals surface area contributed by atoms with Crippen molar-refractivity contribution in [1.82, 2.24) is 14.5 Å². The first-order chi connectivity index (χ1) is 10.6. The quantitative estimate of drug-likeness (QED) is 0.934. The van der Waals surface area contributed by atoms with Crippen LogP contribution in [0.2, 0.25) is 0 Å². The molecule has 0 unspecified atom stereocenters. The lowest BCUT2D eigenvalue weighted by atomic mass is 10.1. The van der Waals surface area contributed by atoms with Gasteiger partial charge in [-0.25, -0.2) is 9.97 Å². The topological polar surface area (TPSA) is 69.4 Å². The van der Waals surface area contributed by atoms with E-state index < -0.39 is 6.10 Å². The van der Waals surface area contributed by atoms with Gasteiger partial charge in [0.25, 0.3) is 0 Å². The number of aliphatic hydroxyl groups excluding tert-OH is 1. The maximum atomic E-state index is 9.88. The van der Waals surface area contributed by atoms with Crippen molar-refractivity contribution in [3.8, 4) is 10.8 Å². The van der Waals surface area contributed by atoms with Crippen molar-refractivity contribution >= 4 is 11.3 Å². The van der Waals surface area contributed by atoms with E-state index >= 15 is 0 Å². The van der Waals surface area contributed by atoms with Gasteiger partial charge < -0.3 is 19.1 Å². The van der Waals surface area contributed by atoms with Gasteiger partial charge in [0, 0.05) is 17.8 Å². The minimum absolute atomic E-state index is 0.0334. The Morgan fingerprint density at radius 1 is 1.32 bits per heavy atom. The first-order valence-corrected chi connectivity index (χ1v) is 8.43. The van der Waals surface area contributed by atoms with Gasteiger partial charge in [0.1, 0.15) is 18.3 Å². The van der Waals surface area contributed by atoms with Crippen LogP contribution < -0.4 is 0 Å². The van der Waals surface area contributed by atoms with Crippen LogP contribution in [0.5, 0.6) is 0 Å². The van der Waals surface area contributed by atoms with Crippen molar-refractivity contribution in [3.63, 3.8) is 0 Å². The average Bonchev–Trinajstić information content (AvgIpc) is 3.23. The second kappa shape index (κ2) is 5.42. The van der Waals surface area contributed by atoms with E-state index in [1.807, 2.05) is 6.20 Å². The Labute approximate surface area is 132 Å². The van der Waals surface area contributed by atoms with Crippen LogP contribution in [0.15, 0.2) is 17.8 Å². The molecule has 0 saturated carbocycles. The molecule has 2 aromatic heterocycles. The third-order valence-corrected chi connectivity index (χ3v) is 5.19. The van der Waals surface area contributed by atoms with Gasteiger partial charge in [-0.3, -0.25) is 0 Å². The Morgan fingerprint density at radius 2 is 2.14 bits per heavy atom. The van der Waals surface area contributed by atoms with E-state index in [9.17, 15) is 5.11 Å². The van der Waals surface area contributed by atoms with E-state index in [2.05, 4.69) is 33.8 Å². The zero-order chi connectivity index (χ0) is 15.3. The van der Waals surface area contributed by atoms with Crippen molar-refractivity contribution in [3.05, 3.63) is 23.5 Å². The molecule has 0 aromatic carbocycles. The Hall–Kier alpha value is -1.28. The molecular weight excluding hydrogens is 302 g/mol. The Morgan fingerprint density at radius 3 is 2.91 bits per heavy atom. The summed E-state index contributed by atoms with van der Waals surface area (Å²) in [5.74, 6) is 1.25. The third kappa shape index (κ3) is 2.20. The molecule has 118 valence electrons. The molecule has 0 amide bonds. The van der Waals surface area contributed by atoms with Crippen LogP contribution in [-0.4, -0.2) is 51.2 Å². The lowest BCUT2D eigenvalue weighted by molar-refractivity contribution is 0.0172. The summed E-state index contributed by atoms with van der Waals surface area (Å²) < 4.78 is 13.5. The maximum absolute atomic E-state index is 9.88. The number of fused-ring (bicyclic) bond motifs is 1. The molecule has 4 rings (SSSR count). The summed E-state index contributed by atoms with van der Waals surface area (Å²) in [6.07, 6.45) is 2.84. The molecule has 2 saturated heterocycles. The van der Waals surface area contributed by atoms with Crippen LogP contribution in [0.4, 0.5) is 0 Å². The largest absolute Gasteiger partial charge is 0.388 e. The molecule has 2 aliphatic heterocycles. The van der Waals surface area contributed by atoms with Crippen molar-refractivity contribution in [2.75, 3.05) is 13.2 Å². The molecule has 0 aliphatic carbocycles. The van der Waals surface area contributed by atoms with E-state index in [1.54, 1.807) is 17.5 Å². The highest BCUT2D eigenvalue weighted by molar-refractivity contribution is 7.13. The first-order valence-electron chi connectivity index (χ1n) is 7.55. The summed E-state index contributed by atoms with van der Waals surface area (Å²) in [6, 6.07) is 0.0334. The number of imidazole rings is 1. The summed E-state index contributed by atoms with van der Waals surface area (Å²) in [5.41, 5.74) is 1.09. The summed E-state index contributed by atoms with van der Waals surface area (Å²) in [6.45, 7) is 5.13. The lowest BCUT2D eigenvalue weighted by Crippen LogP contribution is -2.30. The van der Waals surface area contributed by atoms with Crippen LogP contribution in [0, 0.1) is 0 Å². The average molecular weight is 321 g/mol.